The molecule has 0 aliphatic carbocycles. The van der Waals surface area contributed by atoms with E-state index in [0.29, 0.717) is 0 Å². The first-order valence-corrected chi connectivity index (χ1v) is 7.00. The van der Waals surface area contributed by atoms with E-state index in [1.54, 1.807) is 0 Å². The summed E-state index contributed by atoms with van der Waals surface area (Å²) in [6, 6.07) is 6.56. The van der Waals surface area contributed by atoms with E-state index >= 15 is 0 Å². The predicted octanol–water partition coefficient (Wildman–Crippen LogP) is 2.40. The predicted molar refractivity (Wildman–Crippen MR) is 86.4 cm³/mol. The van der Waals surface area contributed by atoms with Gasteiger partial charge in [0.1, 0.15) is 0 Å². The van der Waals surface area contributed by atoms with Crippen molar-refractivity contribution in [3.63, 3.8) is 0 Å². The second-order valence-corrected chi connectivity index (χ2v) is 6.65. The van der Waals surface area contributed by atoms with Gasteiger partial charge in [-0.3, -0.25) is 0 Å². The fraction of sp³-hybridized carbons (Fsp3) is 0.600. The summed E-state index contributed by atoms with van der Waals surface area (Å²) in [4.78, 5) is 2.30. The monoisotopic (exact) mass is 295 g/mol. The zero-order chi connectivity index (χ0) is 13.8. The maximum absolute atomic E-state index is 6.10. The first-order valence-electron chi connectivity index (χ1n) is 7.00. The Hall–Kier alpha value is -0.705. The Morgan fingerprint density at radius 1 is 1.10 bits per heavy atom. The van der Waals surface area contributed by atoms with Crippen LogP contribution in [-0.2, 0) is 15.7 Å². The van der Waals surface area contributed by atoms with Gasteiger partial charge in [0, 0.05) is 19.3 Å². The van der Waals surface area contributed by atoms with Crippen LogP contribution in [0.5, 0.6) is 0 Å². The van der Waals surface area contributed by atoms with Crippen LogP contribution in [0.2, 0.25) is 0 Å². The average Bonchev–Trinajstić information content (AvgIpc) is 2.78. The fourth-order valence-corrected chi connectivity index (χ4v) is 2.68. The summed E-state index contributed by atoms with van der Waals surface area (Å²) in [5, 5.41) is 0. The molecule has 3 nitrogen and oxygen atoms in total. The highest BCUT2D eigenvalue weighted by Gasteiger charge is 2.51. The molecule has 0 N–H and O–H groups in total. The van der Waals surface area contributed by atoms with E-state index in [1.165, 1.54) is 11.3 Å². The molecule has 2 heterocycles. The van der Waals surface area contributed by atoms with Crippen molar-refractivity contribution in [1.82, 2.24) is 0 Å². The van der Waals surface area contributed by atoms with E-state index in [1.807, 2.05) is 0 Å². The van der Waals surface area contributed by atoms with Gasteiger partial charge in [-0.05, 0) is 51.2 Å². The molecule has 1 aromatic carbocycles. The molecule has 0 aromatic heterocycles. The summed E-state index contributed by atoms with van der Waals surface area (Å²) in [5.41, 5.74) is 3.30. The molecular weight excluding hydrogens is 272 g/mol. The first kappa shape index (κ1) is 15.7. The molecule has 1 fully saturated rings. The second-order valence-electron chi connectivity index (χ2n) is 6.65. The van der Waals surface area contributed by atoms with E-state index in [-0.39, 0.29) is 30.7 Å². The molecule has 20 heavy (non-hydrogen) atoms. The highest BCUT2D eigenvalue weighted by molar-refractivity contribution is 6.62. The summed E-state index contributed by atoms with van der Waals surface area (Å²) in [6.45, 7) is 9.46. The topological polar surface area (TPSA) is 21.7 Å². The van der Waals surface area contributed by atoms with Gasteiger partial charge in [0.15, 0.2) is 0 Å². The van der Waals surface area contributed by atoms with Gasteiger partial charge in [-0.25, -0.2) is 0 Å². The van der Waals surface area contributed by atoms with E-state index in [9.17, 15) is 0 Å². The molecule has 0 unspecified atom stereocenters. The molecule has 0 atom stereocenters. The Kier molecular flexibility index (Phi) is 3.87. The molecule has 5 heteroatoms. The van der Waals surface area contributed by atoms with Crippen LogP contribution in [0.4, 0.5) is 5.69 Å². The molecule has 1 saturated heterocycles. The maximum atomic E-state index is 6.10. The minimum Gasteiger partial charge on any atom is -0.399 e. The van der Waals surface area contributed by atoms with Crippen molar-refractivity contribution in [3.05, 3.63) is 23.8 Å². The standard InChI is InChI=1S/C15H22BNO2.ClH/c1-14(2)15(3,4)19-16(18-14)12-7-6-11-8-9-17(5)13(11)10-12;/h6-7,10H,8-9H2,1-5H3;1H. The van der Waals surface area contributed by atoms with E-state index in [2.05, 4.69) is 57.8 Å². The Labute approximate surface area is 128 Å². The molecule has 110 valence electrons. The second kappa shape index (κ2) is 4.94. The van der Waals surface area contributed by atoms with E-state index in [4.69, 9.17) is 9.31 Å². The zero-order valence-corrected chi connectivity index (χ0v) is 13.7. The van der Waals surface area contributed by atoms with Gasteiger partial charge in [-0.1, -0.05) is 12.1 Å². The van der Waals surface area contributed by atoms with Crippen LogP contribution in [0, 0.1) is 0 Å². The molecular formula is C15H23BClNO2. The number of rotatable bonds is 1. The van der Waals surface area contributed by atoms with Crippen molar-refractivity contribution < 1.29 is 9.31 Å². The lowest BCUT2D eigenvalue weighted by atomic mass is 9.78. The summed E-state index contributed by atoms with van der Waals surface area (Å²) in [6.07, 6.45) is 1.13. The van der Waals surface area contributed by atoms with Gasteiger partial charge in [-0.15, -0.1) is 12.4 Å². The first-order chi connectivity index (χ1) is 8.80. The number of anilines is 1. The lowest BCUT2D eigenvalue weighted by Crippen LogP contribution is -2.41. The zero-order valence-electron chi connectivity index (χ0n) is 12.9. The normalized spacial score (nSPS) is 22.6. The van der Waals surface area contributed by atoms with Crippen LogP contribution in [0.1, 0.15) is 33.3 Å². The largest absolute Gasteiger partial charge is 0.494 e. The number of halogens is 1. The molecule has 0 radical (unpaired) electrons. The Morgan fingerprint density at radius 2 is 1.70 bits per heavy atom. The van der Waals surface area contributed by atoms with Crippen LogP contribution >= 0.6 is 12.4 Å². The highest BCUT2D eigenvalue weighted by Crippen LogP contribution is 2.37. The van der Waals surface area contributed by atoms with Gasteiger partial charge in [0.05, 0.1) is 11.2 Å². The molecule has 2 aliphatic rings. The fourth-order valence-electron chi connectivity index (χ4n) is 2.68. The molecule has 1 aromatic rings. The number of likely N-dealkylation sites (N-methyl/N-ethyl adjacent to an activating group) is 1. The minimum absolute atomic E-state index is 0. The third-order valence-electron chi connectivity index (χ3n) is 4.76. The Morgan fingerprint density at radius 3 is 2.30 bits per heavy atom. The Bertz CT molecular complexity index is 503. The lowest BCUT2D eigenvalue weighted by Gasteiger charge is -2.32. The summed E-state index contributed by atoms with van der Waals surface area (Å²) in [5.74, 6) is 0. The number of nitrogens with zero attached hydrogens (tertiary/aromatic N) is 1. The van der Waals surface area contributed by atoms with Crippen molar-refractivity contribution in [2.75, 3.05) is 18.5 Å². The third-order valence-corrected chi connectivity index (χ3v) is 4.76. The number of hydrogen-bond acceptors (Lipinski definition) is 3. The van der Waals surface area contributed by atoms with Gasteiger partial charge in [0.2, 0.25) is 0 Å². The minimum atomic E-state index is -0.275. The van der Waals surface area contributed by atoms with Crippen LogP contribution in [0.15, 0.2) is 18.2 Å². The van der Waals surface area contributed by atoms with Gasteiger partial charge in [0.25, 0.3) is 0 Å². The SMILES string of the molecule is CN1CCc2ccc(B3OC(C)(C)C(C)(C)O3)cc21.Cl. The van der Waals surface area contributed by atoms with Crippen molar-refractivity contribution in [2.24, 2.45) is 0 Å². The summed E-state index contributed by atoms with van der Waals surface area (Å²) < 4.78 is 12.2. The van der Waals surface area contributed by atoms with Gasteiger partial charge >= 0.3 is 7.12 Å². The molecule has 0 saturated carbocycles. The quantitative estimate of drug-likeness (QED) is 0.743. The average molecular weight is 296 g/mol. The summed E-state index contributed by atoms with van der Waals surface area (Å²) in [7, 11) is 1.88. The molecule has 0 amide bonds. The smallest absolute Gasteiger partial charge is 0.399 e. The molecule has 2 aliphatic heterocycles. The van der Waals surface area contributed by atoms with Crippen molar-refractivity contribution in [2.45, 2.75) is 45.3 Å². The summed E-state index contributed by atoms with van der Waals surface area (Å²) >= 11 is 0. The number of benzene rings is 1. The molecule has 0 bridgehead atoms. The van der Waals surface area contributed by atoms with Crippen LogP contribution in [0.25, 0.3) is 0 Å². The van der Waals surface area contributed by atoms with Crippen LogP contribution in [-0.4, -0.2) is 31.9 Å². The lowest BCUT2D eigenvalue weighted by molar-refractivity contribution is 0.00578. The third kappa shape index (κ3) is 2.34. The molecule has 0 spiro atoms. The maximum Gasteiger partial charge on any atom is 0.494 e. The van der Waals surface area contributed by atoms with Crippen molar-refractivity contribution >= 4 is 30.7 Å². The number of hydrogen-bond donors (Lipinski definition) is 0. The highest BCUT2D eigenvalue weighted by atomic mass is 35.5. The van der Waals surface area contributed by atoms with E-state index in [0.717, 1.165) is 18.4 Å². The van der Waals surface area contributed by atoms with Crippen LogP contribution in [0.3, 0.4) is 0 Å². The van der Waals surface area contributed by atoms with Gasteiger partial charge in [-0.2, -0.15) is 0 Å². The van der Waals surface area contributed by atoms with Crippen LogP contribution < -0.4 is 10.4 Å². The van der Waals surface area contributed by atoms with Crippen molar-refractivity contribution in [3.8, 4) is 0 Å². The Balaban J connectivity index is 0.00000147. The van der Waals surface area contributed by atoms with E-state index < -0.39 is 0 Å². The molecule has 3 rings (SSSR count). The van der Waals surface area contributed by atoms with Gasteiger partial charge < -0.3 is 14.2 Å². The van der Waals surface area contributed by atoms with Crippen molar-refractivity contribution in [1.29, 1.82) is 0 Å². The number of fused-ring (bicyclic) bond motifs is 1.